The highest BCUT2D eigenvalue weighted by molar-refractivity contribution is 5.94. The average molecular weight is 407 g/mol. The predicted molar refractivity (Wildman–Crippen MR) is 113 cm³/mol. The van der Waals surface area contributed by atoms with Crippen LogP contribution in [0.15, 0.2) is 48.8 Å². The van der Waals surface area contributed by atoms with Gasteiger partial charge >= 0.3 is 0 Å². The van der Waals surface area contributed by atoms with Crippen LogP contribution in [0.4, 0.5) is 4.39 Å². The summed E-state index contributed by atoms with van der Waals surface area (Å²) >= 11 is 0. The lowest BCUT2D eigenvalue weighted by molar-refractivity contribution is 0.0919. The number of aryl methyl sites for hydroxylation is 1. The number of aromatic amines is 1. The molecule has 1 unspecified atom stereocenters. The molecule has 30 heavy (non-hydrogen) atoms. The van der Waals surface area contributed by atoms with Crippen molar-refractivity contribution in [2.75, 3.05) is 19.6 Å². The van der Waals surface area contributed by atoms with Crippen molar-refractivity contribution in [3.8, 4) is 11.4 Å². The summed E-state index contributed by atoms with van der Waals surface area (Å²) in [7, 11) is 0. The summed E-state index contributed by atoms with van der Waals surface area (Å²) in [6.07, 6.45) is 7.23. The van der Waals surface area contributed by atoms with Crippen LogP contribution in [0.5, 0.6) is 0 Å². The number of H-pyrrole nitrogens is 1. The van der Waals surface area contributed by atoms with Crippen LogP contribution in [-0.4, -0.2) is 45.4 Å². The molecular weight excluding hydrogens is 381 g/mol. The summed E-state index contributed by atoms with van der Waals surface area (Å²) in [6, 6.07) is 10.1. The summed E-state index contributed by atoms with van der Waals surface area (Å²) in [6.45, 7) is 4.35. The lowest BCUT2D eigenvalue weighted by Crippen LogP contribution is -2.40. The molecule has 0 aliphatic carbocycles. The van der Waals surface area contributed by atoms with Crippen molar-refractivity contribution in [2.24, 2.45) is 0 Å². The zero-order valence-corrected chi connectivity index (χ0v) is 17.1. The quantitative estimate of drug-likeness (QED) is 0.650. The molecule has 0 bridgehead atoms. The third-order valence-corrected chi connectivity index (χ3v) is 5.57. The fraction of sp³-hybridized carbons (Fsp3) is 0.348. The van der Waals surface area contributed by atoms with Gasteiger partial charge in [0.2, 0.25) is 0 Å². The number of rotatable bonds is 6. The van der Waals surface area contributed by atoms with E-state index in [4.69, 9.17) is 0 Å². The maximum atomic E-state index is 13.2. The molecule has 1 fully saturated rings. The zero-order chi connectivity index (χ0) is 20.9. The maximum absolute atomic E-state index is 13.2. The number of hydrogen-bond acceptors (Lipinski definition) is 4. The Labute approximate surface area is 175 Å². The van der Waals surface area contributed by atoms with Gasteiger partial charge in [0.1, 0.15) is 17.3 Å². The summed E-state index contributed by atoms with van der Waals surface area (Å²) in [5.74, 6) is 0.0275. The number of pyridine rings is 1. The number of benzene rings is 1. The number of aromatic nitrogens is 3. The third-order valence-electron chi connectivity index (χ3n) is 5.57. The lowest BCUT2D eigenvalue weighted by atomic mass is 10.0. The first-order valence-electron chi connectivity index (χ1n) is 10.4. The average Bonchev–Trinajstić information content (AvgIpc) is 3.17. The molecule has 2 N–H and O–H groups in total. The fourth-order valence-electron chi connectivity index (χ4n) is 3.96. The molecule has 0 saturated carbocycles. The molecule has 3 aromatic rings. The lowest BCUT2D eigenvalue weighted by Gasteiger charge is -2.34. The molecule has 7 heteroatoms. The van der Waals surface area contributed by atoms with E-state index in [9.17, 15) is 9.18 Å². The molecule has 1 amide bonds. The van der Waals surface area contributed by atoms with Crippen molar-refractivity contribution < 1.29 is 9.18 Å². The molecule has 1 atom stereocenters. The first kappa shape index (κ1) is 20.2. The van der Waals surface area contributed by atoms with Crippen LogP contribution in [0.2, 0.25) is 0 Å². The minimum atomic E-state index is -0.306. The minimum Gasteiger partial charge on any atom is -0.349 e. The maximum Gasteiger partial charge on any atom is 0.271 e. The molecule has 1 aliphatic heterocycles. The summed E-state index contributed by atoms with van der Waals surface area (Å²) in [5.41, 5.74) is 2.88. The van der Waals surface area contributed by atoms with E-state index in [2.05, 4.69) is 31.2 Å². The molecule has 2 aromatic heterocycles. The van der Waals surface area contributed by atoms with E-state index in [1.54, 1.807) is 18.3 Å². The highest BCUT2D eigenvalue weighted by Crippen LogP contribution is 2.24. The number of amides is 1. The minimum absolute atomic E-state index is 0.0822. The van der Waals surface area contributed by atoms with E-state index in [0.717, 1.165) is 24.2 Å². The first-order valence-corrected chi connectivity index (χ1v) is 10.4. The summed E-state index contributed by atoms with van der Waals surface area (Å²) < 4.78 is 13.2. The Hall–Kier alpha value is -3.06. The SMILES string of the molecule is Cc1[nH]c(-c2ccc(F)cc2)nc1C(=O)NCC(c1cccnc1)N1CCCCC1. The van der Waals surface area contributed by atoms with Gasteiger partial charge in [-0.25, -0.2) is 9.37 Å². The topological polar surface area (TPSA) is 73.9 Å². The Morgan fingerprint density at radius 1 is 1.20 bits per heavy atom. The molecule has 6 nitrogen and oxygen atoms in total. The van der Waals surface area contributed by atoms with Crippen LogP contribution in [-0.2, 0) is 0 Å². The molecular formula is C23H26FN5O. The van der Waals surface area contributed by atoms with Crippen molar-refractivity contribution in [3.05, 3.63) is 71.6 Å². The second-order valence-electron chi connectivity index (χ2n) is 7.67. The standard InChI is InChI=1S/C23H26FN5O/c1-16-21(28-22(27-16)17-7-9-19(24)10-8-17)23(30)26-15-20(18-6-5-11-25-14-18)29-12-3-2-4-13-29/h5-11,14,20H,2-4,12-13,15H2,1H3,(H,26,30)(H,27,28). The summed E-state index contributed by atoms with van der Waals surface area (Å²) in [4.78, 5) is 27.2. The van der Waals surface area contributed by atoms with Gasteiger partial charge in [-0.3, -0.25) is 14.7 Å². The van der Waals surface area contributed by atoms with Gasteiger partial charge in [0, 0.05) is 30.2 Å². The number of likely N-dealkylation sites (tertiary alicyclic amines) is 1. The number of piperidine rings is 1. The van der Waals surface area contributed by atoms with Gasteiger partial charge in [-0.1, -0.05) is 12.5 Å². The Balaban J connectivity index is 1.49. The summed E-state index contributed by atoms with van der Waals surface area (Å²) in [5, 5.41) is 3.06. The van der Waals surface area contributed by atoms with Crippen LogP contribution in [0.1, 0.15) is 47.1 Å². The number of carbonyl (C=O) groups excluding carboxylic acids is 1. The second-order valence-corrected chi connectivity index (χ2v) is 7.67. The largest absolute Gasteiger partial charge is 0.349 e. The molecule has 156 valence electrons. The molecule has 4 rings (SSSR count). The van der Waals surface area contributed by atoms with Crippen LogP contribution in [0.3, 0.4) is 0 Å². The van der Waals surface area contributed by atoms with Crippen molar-refractivity contribution in [1.29, 1.82) is 0 Å². The van der Waals surface area contributed by atoms with E-state index < -0.39 is 0 Å². The molecule has 1 aliphatic rings. The van der Waals surface area contributed by atoms with Gasteiger partial charge in [-0.05, 0) is 68.8 Å². The van der Waals surface area contributed by atoms with E-state index in [-0.39, 0.29) is 17.8 Å². The normalized spacial score (nSPS) is 15.7. The first-order chi connectivity index (χ1) is 14.6. The van der Waals surface area contributed by atoms with Crippen LogP contribution >= 0.6 is 0 Å². The van der Waals surface area contributed by atoms with Crippen molar-refractivity contribution in [1.82, 2.24) is 25.2 Å². The van der Waals surface area contributed by atoms with Crippen LogP contribution in [0, 0.1) is 12.7 Å². The van der Waals surface area contributed by atoms with Crippen LogP contribution in [0.25, 0.3) is 11.4 Å². The van der Waals surface area contributed by atoms with Gasteiger partial charge in [0.05, 0.1) is 6.04 Å². The van der Waals surface area contributed by atoms with E-state index in [0.29, 0.717) is 23.8 Å². The Kier molecular flexibility index (Phi) is 6.18. The highest BCUT2D eigenvalue weighted by atomic mass is 19.1. The molecule has 1 saturated heterocycles. The van der Waals surface area contributed by atoms with Crippen molar-refractivity contribution in [2.45, 2.75) is 32.2 Å². The number of halogens is 1. The van der Waals surface area contributed by atoms with Crippen molar-refractivity contribution in [3.63, 3.8) is 0 Å². The predicted octanol–water partition coefficient (Wildman–Crippen LogP) is 3.88. The van der Waals surface area contributed by atoms with Crippen LogP contribution < -0.4 is 5.32 Å². The van der Waals surface area contributed by atoms with E-state index >= 15 is 0 Å². The third kappa shape index (κ3) is 4.57. The molecule has 0 spiro atoms. The smallest absolute Gasteiger partial charge is 0.271 e. The molecule has 0 radical (unpaired) electrons. The Bertz CT molecular complexity index is 981. The zero-order valence-electron chi connectivity index (χ0n) is 17.1. The van der Waals surface area contributed by atoms with Crippen molar-refractivity contribution >= 4 is 5.91 Å². The number of carbonyl (C=O) groups is 1. The number of nitrogens with one attached hydrogen (secondary N) is 2. The monoisotopic (exact) mass is 407 g/mol. The van der Waals surface area contributed by atoms with Gasteiger partial charge < -0.3 is 10.3 Å². The second kappa shape index (κ2) is 9.17. The Morgan fingerprint density at radius 2 is 1.97 bits per heavy atom. The van der Waals surface area contributed by atoms with Gasteiger partial charge in [-0.2, -0.15) is 0 Å². The number of imidazole rings is 1. The van der Waals surface area contributed by atoms with Gasteiger partial charge in [0.15, 0.2) is 0 Å². The van der Waals surface area contributed by atoms with Gasteiger partial charge in [0.25, 0.3) is 5.91 Å². The number of nitrogens with zero attached hydrogens (tertiary/aromatic N) is 3. The number of hydrogen-bond donors (Lipinski definition) is 2. The Morgan fingerprint density at radius 3 is 2.67 bits per heavy atom. The van der Waals surface area contributed by atoms with Gasteiger partial charge in [-0.15, -0.1) is 0 Å². The van der Waals surface area contributed by atoms with E-state index in [1.165, 1.54) is 31.4 Å². The fourth-order valence-corrected chi connectivity index (χ4v) is 3.96. The highest BCUT2D eigenvalue weighted by Gasteiger charge is 2.24. The molecule has 3 heterocycles. The molecule has 1 aromatic carbocycles. The van der Waals surface area contributed by atoms with E-state index in [1.807, 2.05) is 19.2 Å².